The van der Waals surface area contributed by atoms with Crippen molar-refractivity contribution in [2.75, 3.05) is 31.5 Å². The van der Waals surface area contributed by atoms with E-state index >= 15 is 0 Å². The van der Waals surface area contributed by atoms with Gasteiger partial charge in [-0.25, -0.2) is 0 Å². The fourth-order valence-electron chi connectivity index (χ4n) is 4.80. The van der Waals surface area contributed by atoms with Crippen LogP contribution in [0.1, 0.15) is 42.6 Å². The number of nitrogens with one attached hydrogen (secondary N) is 3. The van der Waals surface area contributed by atoms with Crippen molar-refractivity contribution < 1.29 is 14.5 Å². The quantitative estimate of drug-likeness (QED) is 0.427. The second-order valence-corrected chi connectivity index (χ2v) is 10.8. The zero-order valence-corrected chi connectivity index (χ0v) is 20.7. The molecule has 0 aromatic heterocycles. The van der Waals surface area contributed by atoms with Gasteiger partial charge in [0.2, 0.25) is 0 Å². The van der Waals surface area contributed by atoms with Crippen molar-refractivity contribution >= 4 is 46.9 Å². The molecular formula is C26H31ClN3O2S+. The maximum Gasteiger partial charge on any atom is 0.262 e. The van der Waals surface area contributed by atoms with Gasteiger partial charge in [0, 0.05) is 40.3 Å². The molecule has 5 nitrogen and oxygen atoms in total. The number of hydrogen-bond donors (Lipinski definition) is 3. The third kappa shape index (κ3) is 6.19. The Morgan fingerprint density at radius 1 is 1.21 bits per heavy atom. The molecule has 1 fully saturated rings. The molecule has 2 aliphatic rings. The average molecular weight is 485 g/mol. The number of piperidine rings is 1. The summed E-state index contributed by atoms with van der Waals surface area (Å²) in [5.41, 5.74) is 2.02. The lowest BCUT2D eigenvalue weighted by Crippen LogP contribution is -3.14. The van der Waals surface area contributed by atoms with Crippen molar-refractivity contribution in [2.24, 2.45) is 11.8 Å². The second-order valence-electron chi connectivity index (χ2n) is 9.26. The van der Waals surface area contributed by atoms with Crippen molar-refractivity contribution in [3.63, 3.8) is 0 Å². The minimum Gasteiger partial charge on any atom is -0.352 e. The minimum absolute atomic E-state index is 0.107. The van der Waals surface area contributed by atoms with Gasteiger partial charge >= 0.3 is 0 Å². The lowest BCUT2D eigenvalue weighted by atomic mass is 9.92. The number of likely N-dealkylation sites (tertiary alicyclic amines) is 1. The summed E-state index contributed by atoms with van der Waals surface area (Å²) in [6.07, 6.45) is 4.08. The molecule has 0 radical (unpaired) electrons. The standard InChI is InChI=1S/C26H30ClN3O2S/c1-17-12-18(2)16-30(15-17)11-5-10-28-25(31)20-8-9-23-22(13-20)29-26(32)24(33-23)14-19-6-3-4-7-21(19)27/h3-4,6-9,13-14,17-18H,5,10-12,15-16H2,1-2H3,(H,28,31)(H,29,32)/p+1. The number of thioether (sulfide) groups is 1. The molecule has 0 bridgehead atoms. The van der Waals surface area contributed by atoms with Crippen LogP contribution in [0.2, 0.25) is 5.02 Å². The highest BCUT2D eigenvalue weighted by Crippen LogP contribution is 2.39. The number of anilines is 1. The molecule has 33 heavy (non-hydrogen) atoms. The molecule has 2 heterocycles. The summed E-state index contributed by atoms with van der Waals surface area (Å²) < 4.78 is 0. The highest BCUT2D eigenvalue weighted by Gasteiger charge is 2.25. The van der Waals surface area contributed by atoms with Gasteiger partial charge in [0.15, 0.2) is 0 Å². The number of hydrogen-bond acceptors (Lipinski definition) is 3. The van der Waals surface area contributed by atoms with E-state index in [-0.39, 0.29) is 11.8 Å². The van der Waals surface area contributed by atoms with Crippen LogP contribution in [0, 0.1) is 11.8 Å². The summed E-state index contributed by atoms with van der Waals surface area (Å²) in [4.78, 5) is 28.4. The van der Waals surface area contributed by atoms with Crippen LogP contribution in [0.4, 0.5) is 5.69 Å². The average Bonchev–Trinajstić information content (AvgIpc) is 2.77. The van der Waals surface area contributed by atoms with Crippen LogP contribution >= 0.6 is 23.4 Å². The van der Waals surface area contributed by atoms with Crippen molar-refractivity contribution in [3.05, 3.63) is 63.5 Å². The van der Waals surface area contributed by atoms with E-state index in [1.54, 1.807) is 23.1 Å². The molecule has 0 spiro atoms. The Kier molecular flexibility index (Phi) is 7.78. The molecule has 2 aromatic carbocycles. The summed E-state index contributed by atoms with van der Waals surface area (Å²) in [5, 5.41) is 6.54. The first-order valence-corrected chi connectivity index (χ1v) is 12.8. The lowest BCUT2D eigenvalue weighted by Gasteiger charge is -2.32. The number of fused-ring (bicyclic) bond motifs is 1. The topological polar surface area (TPSA) is 62.6 Å². The summed E-state index contributed by atoms with van der Waals surface area (Å²) >= 11 is 7.61. The van der Waals surface area contributed by atoms with E-state index in [1.807, 2.05) is 30.3 Å². The molecule has 3 N–H and O–H groups in total. The second kappa shape index (κ2) is 10.8. The van der Waals surface area contributed by atoms with Crippen LogP contribution in [0.3, 0.4) is 0 Å². The predicted octanol–water partition coefficient (Wildman–Crippen LogP) is 4.11. The molecule has 0 saturated carbocycles. The van der Waals surface area contributed by atoms with Crippen molar-refractivity contribution in [1.29, 1.82) is 0 Å². The highest BCUT2D eigenvalue weighted by atomic mass is 35.5. The van der Waals surface area contributed by atoms with Crippen LogP contribution in [0.15, 0.2) is 52.3 Å². The molecule has 2 aromatic rings. The molecule has 2 amide bonds. The first-order valence-electron chi connectivity index (χ1n) is 11.6. The summed E-state index contributed by atoms with van der Waals surface area (Å²) in [6, 6.07) is 12.9. The molecule has 7 heteroatoms. The molecule has 174 valence electrons. The maximum absolute atomic E-state index is 12.6. The molecule has 2 atom stereocenters. The van der Waals surface area contributed by atoms with E-state index in [4.69, 9.17) is 11.6 Å². The van der Waals surface area contributed by atoms with E-state index < -0.39 is 0 Å². The smallest absolute Gasteiger partial charge is 0.262 e. The Morgan fingerprint density at radius 3 is 2.73 bits per heavy atom. The summed E-state index contributed by atoms with van der Waals surface area (Å²) in [5.74, 6) is 1.26. The zero-order valence-electron chi connectivity index (χ0n) is 19.1. The number of carbonyl (C=O) groups excluding carboxylic acids is 2. The van der Waals surface area contributed by atoms with Crippen molar-refractivity contribution in [3.8, 4) is 0 Å². The van der Waals surface area contributed by atoms with Crippen LogP contribution in [-0.4, -0.2) is 38.0 Å². The van der Waals surface area contributed by atoms with Gasteiger partial charge in [-0.1, -0.05) is 55.4 Å². The van der Waals surface area contributed by atoms with E-state index in [2.05, 4.69) is 24.5 Å². The van der Waals surface area contributed by atoms with Crippen molar-refractivity contribution in [2.45, 2.75) is 31.6 Å². The van der Waals surface area contributed by atoms with Crippen molar-refractivity contribution in [1.82, 2.24) is 5.32 Å². The number of amides is 2. The van der Waals surface area contributed by atoms with E-state index in [9.17, 15) is 9.59 Å². The molecule has 4 rings (SSSR count). The number of benzene rings is 2. The highest BCUT2D eigenvalue weighted by molar-refractivity contribution is 8.04. The fourth-order valence-corrected chi connectivity index (χ4v) is 5.92. The van der Waals surface area contributed by atoms with Gasteiger partial charge < -0.3 is 15.5 Å². The van der Waals surface area contributed by atoms with Gasteiger partial charge in [-0.3, -0.25) is 9.59 Å². The number of carbonyl (C=O) groups is 2. The third-order valence-electron chi connectivity index (χ3n) is 6.20. The Bertz CT molecular complexity index is 1060. The van der Waals surface area contributed by atoms with Crippen LogP contribution in [-0.2, 0) is 4.79 Å². The fraction of sp³-hybridized carbons (Fsp3) is 0.385. The monoisotopic (exact) mass is 484 g/mol. The number of quaternary nitrogens is 1. The number of rotatable bonds is 6. The maximum atomic E-state index is 12.6. The van der Waals surface area contributed by atoms with Crippen LogP contribution in [0.25, 0.3) is 6.08 Å². The first-order chi connectivity index (χ1) is 15.9. The van der Waals surface area contributed by atoms with E-state index in [0.29, 0.717) is 27.7 Å². The Morgan fingerprint density at radius 2 is 1.97 bits per heavy atom. The van der Waals surface area contributed by atoms with Gasteiger partial charge in [-0.05, 0) is 42.3 Å². The minimum atomic E-state index is -0.196. The third-order valence-corrected chi connectivity index (χ3v) is 7.64. The molecule has 2 aliphatic heterocycles. The first kappa shape index (κ1) is 23.9. The van der Waals surface area contributed by atoms with Gasteiger partial charge in [-0.15, -0.1) is 0 Å². The summed E-state index contributed by atoms with van der Waals surface area (Å²) in [6.45, 7) is 8.88. The molecule has 1 saturated heterocycles. The van der Waals surface area contributed by atoms with E-state index in [0.717, 1.165) is 35.3 Å². The van der Waals surface area contributed by atoms with Gasteiger partial charge in [-0.2, -0.15) is 0 Å². The van der Waals surface area contributed by atoms with E-state index in [1.165, 1.54) is 31.3 Å². The number of halogens is 1. The molecule has 2 unspecified atom stereocenters. The van der Waals surface area contributed by atoms with Crippen LogP contribution in [0.5, 0.6) is 0 Å². The Balaban J connectivity index is 1.33. The largest absolute Gasteiger partial charge is 0.352 e. The lowest BCUT2D eigenvalue weighted by molar-refractivity contribution is -0.912. The van der Waals surface area contributed by atoms with Gasteiger partial charge in [0.05, 0.1) is 30.2 Å². The normalized spacial score (nSPS) is 23.7. The SMILES string of the molecule is CC1CC(C)C[NH+](CCCNC(=O)c2ccc3c(c2)NC(=O)C(=Cc2ccccc2Cl)S3)C1. The zero-order chi connectivity index (χ0) is 23.4. The Labute approximate surface area is 205 Å². The Hall–Kier alpha value is -2.28. The van der Waals surface area contributed by atoms with Crippen LogP contribution < -0.4 is 15.5 Å². The van der Waals surface area contributed by atoms with Gasteiger partial charge in [0.25, 0.3) is 11.8 Å². The molecular weight excluding hydrogens is 454 g/mol. The van der Waals surface area contributed by atoms with Gasteiger partial charge in [0.1, 0.15) is 0 Å². The molecule has 0 aliphatic carbocycles. The predicted molar refractivity (Wildman–Crippen MR) is 136 cm³/mol. The summed E-state index contributed by atoms with van der Waals surface area (Å²) in [7, 11) is 0.